The Kier molecular flexibility index (Phi) is 7.98. The van der Waals surface area contributed by atoms with Crippen LogP contribution in [-0.4, -0.2) is 52.7 Å². The van der Waals surface area contributed by atoms with Crippen molar-refractivity contribution in [3.05, 3.63) is 29.8 Å². The Morgan fingerprint density at radius 2 is 2.00 bits per heavy atom. The summed E-state index contributed by atoms with van der Waals surface area (Å²) in [6.45, 7) is 6.88. The van der Waals surface area contributed by atoms with Crippen LogP contribution in [0.15, 0.2) is 24.3 Å². The number of aliphatic carboxylic acids is 1. The molecule has 1 saturated heterocycles. The van der Waals surface area contributed by atoms with Crippen LogP contribution in [-0.2, 0) is 15.0 Å². The molecule has 1 saturated carbocycles. The molecule has 6 nitrogen and oxygen atoms in total. The fourth-order valence-corrected chi connectivity index (χ4v) is 5.31. The summed E-state index contributed by atoms with van der Waals surface area (Å²) in [5, 5.41) is 22.2. The fraction of sp³-hybridized carbons (Fsp3) is 0.680. The number of nitrogens with one attached hydrogen (secondary N) is 1. The van der Waals surface area contributed by atoms with E-state index in [-0.39, 0.29) is 11.3 Å². The Morgan fingerprint density at radius 1 is 1.26 bits per heavy atom. The molecule has 172 valence electrons. The van der Waals surface area contributed by atoms with Crippen molar-refractivity contribution in [2.45, 2.75) is 76.7 Å². The van der Waals surface area contributed by atoms with Crippen molar-refractivity contribution in [1.29, 1.82) is 0 Å². The minimum Gasteiger partial charge on any atom is -0.508 e. The second-order valence-electron chi connectivity index (χ2n) is 9.87. The number of amides is 1. The monoisotopic (exact) mass is 430 g/mol. The number of aromatic hydroxyl groups is 1. The van der Waals surface area contributed by atoms with Crippen LogP contribution in [0.4, 0.5) is 0 Å². The Bertz CT molecular complexity index is 762. The molecule has 1 heterocycles. The molecule has 1 amide bonds. The van der Waals surface area contributed by atoms with Crippen LogP contribution in [0.5, 0.6) is 5.75 Å². The van der Waals surface area contributed by atoms with Crippen molar-refractivity contribution >= 4 is 11.9 Å². The first-order valence-corrected chi connectivity index (χ1v) is 11.8. The molecular formula is C25H38N2O4. The van der Waals surface area contributed by atoms with E-state index in [0.29, 0.717) is 37.0 Å². The van der Waals surface area contributed by atoms with E-state index >= 15 is 0 Å². The van der Waals surface area contributed by atoms with Crippen LogP contribution in [0.3, 0.4) is 0 Å². The van der Waals surface area contributed by atoms with Gasteiger partial charge in [0, 0.05) is 19.5 Å². The van der Waals surface area contributed by atoms with E-state index < -0.39 is 12.0 Å². The smallest absolute Gasteiger partial charge is 0.326 e. The van der Waals surface area contributed by atoms with E-state index in [1.54, 1.807) is 6.07 Å². The van der Waals surface area contributed by atoms with Gasteiger partial charge in [0.05, 0.1) is 0 Å². The highest BCUT2D eigenvalue weighted by atomic mass is 16.4. The van der Waals surface area contributed by atoms with E-state index in [4.69, 9.17) is 0 Å². The zero-order chi connectivity index (χ0) is 22.4. The molecule has 3 atom stereocenters. The Labute approximate surface area is 186 Å². The minimum absolute atomic E-state index is 0.00804. The van der Waals surface area contributed by atoms with Gasteiger partial charge in [0.25, 0.3) is 0 Å². The van der Waals surface area contributed by atoms with Crippen molar-refractivity contribution in [2.24, 2.45) is 11.8 Å². The van der Waals surface area contributed by atoms with Gasteiger partial charge in [-0.15, -0.1) is 0 Å². The SMILES string of the molecule is C[C@H]1CN(CCC(=O)N[C@@H](CC2CCCCC2)C(=O)O)CC[C@@]1(C)c1cccc(O)c1. The number of carbonyl (C=O) groups excluding carboxylic acids is 1. The van der Waals surface area contributed by atoms with Crippen LogP contribution < -0.4 is 5.32 Å². The third kappa shape index (κ3) is 6.22. The molecule has 3 N–H and O–H groups in total. The van der Waals surface area contributed by atoms with Gasteiger partial charge in [-0.3, -0.25) is 4.79 Å². The molecule has 0 spiro atoms. The molecule has 0 unspecified atom stereocenters. The Morgan fingerprint density at radius 3 is 2.65 bits per heavy atom. The number of carbonyl (C=O) groups is 2. The lowest BCUT2D eigenvalue weighted by Crippen LogP contribution is -2.48. The number of hydrogen-bond donors (Lipinski definition) is 3. The normalized spacial score (nSPS) is 26.3. The first-order valence-electron chi connectivity index (χ1n) is 11.8. The third-order valence-electron chi connectivity index (χ3n) is 7.65. The zero-order valence-corrected chi connectivity index (χ0v) is 19.0. The predicted octanol–water partition coefficient (Wildman–Crippen LogP) is 3.92. The molecule has 31 heavy (non-hydrogen) atoms. The summed E-state index contributed by atoms with van der Waals surface area (Å²) < 4.78 is 0. The number of hydrogen-bond acceptors (Lipinski definition) is 4. The van der Waals surface area contributed by atoms with E-state index in [0.717, 1.165) is 37.9 Å². The van der Waals surface area contributed by atoms with Gasteiger partial charge in [-0.1, -0.05) is 58.1 Å². The van der Waals surface area contributed by atoms with E-state index in [9.17, 15) is 19.8 Å². The number of benzene rings is 1. The van der Waals surface area contributed by atoms with Crippen molar-refractivity contribution in [2.75, 3.05) is 19.6 Å². The zero-order valence-electron chi connectivity index (χ0n) is 19.0. The summed E-state index contributed by atoms with van der Waals surface area (Å²) in [6, 6.07) is 6.76. The van der Waals surface area contributed by atoms with Gasteiger partial charge in [-0.25, -0.2) is 4.79 Å². The number of carboxylic acid groups (broad SMARTS) is 1. The topological polar surface area (TPSA) is 89.9 Å². The van der Waals surface area contributed by atoms with E-state index in [1.807, 2.05) is 12.1 Å². The molecule has 1 aliphatic carbocycles. The lowest BCUT2D eigenvalue weighted by atomic mass is 9.68. The molecule has 3 rings (SSSR count). The van der Waals surface area contributed by atoms with Gasteiger partial charge < -0.3 is 20.4 Å². The first kappa shape index (κ1) is 23.6. The molecule has 0 bridgehead atoms. The molecule has 1 aromatic carbocycles. The number of carboxylic acids is 1. The van der Waals surface area contributed by atoms with Crippen LogP contribution in [0.1, 0.15) is 70.8 Å². The largest absolute Gasteiger partial charge is 0.508 e. The molecule has 2 aliphatic rings. The Balaban J connectivity index is 1.47. The standard InChI is InChI=1S/C25H38N2O4/c1-18-17-27(14-12-25(18,2)20-9-6-10-21(28)16-20)13-11-23(29)26-22(24(30)31)15-19-7-4-3-5-8-19/h6,9-10,16,18-19,22,28H,3-5,7-8,11-15,17H2,1-2H3,(H,26,29)(H,30,31)/t18-,22-,25+/m0/s1. The number of phenolic OH excluding ortho intramolecular Hbond substituents is 1. The van der Waals surface area contributed by atoms with Gasteiger partial charge in [0.15, 0.2) is 0 Å². The van der Waals surface area contributed by atoms with Gasteiger partial charge in [-0.05, 0) is 54.3 Å². The van der Waals surface area contributed by atoms with E-state index in [2.05, 4.69) is 30.1 Å². The number of likely N-dealkylation sites (tertiary alicyclic amines) is 1. The van der Waals surface area contributed by atoms with Gasteiger partial charge >= 0.3 is 5.97 Å². The summed E-state index contributed by atoms with van der Waals surface area (Å²) in [7, 11) is 0. The summed E-state index contributed by atoms with van der Waals surface area (Å²) in [4.78, 5) is 26.4. The highest BCUT2D eigenvalue weighted by Gasteiger charge is 2.38. The summed E-state index contributed by atoms with van der Waals surface area (Å²) in [6.07, 6.45) is 7.54. The highest BCUT2D eigenvalue weighted by molar-refractivity contribution is 5.83. The number of rotatable bonds is 8. The summed E-state index contributed by atoms with van der Waals surface area (Å²) >= 11 is 0. The average Bonchev–Trinajstić information content (AvgIpc) is 2.75. The van der Waals surface area contributed by atoms with Gasteiger partial charge in [0.2, 0.25) is 5.91 Å². The maximum atomic E-state index is 12.5. The fourth-order valence-electron chi connectivity index (χ4n) is 5.31. The van der Waals surface area contributed by atoms with Crippen molar-refractivity contribution in [3.63, 3.8) is 0 Å². The van der Waals surface area contributed by atoms with Crippen molar-refractivity contribution < 1.29 is 19.8 Å². The number of piperidine rings is 1. The van der Waals surface area contributed by atoms with Crippen molar-refractivity contribution in [1.82, 2.24) is 10.2 Å². The lowest BCUT2D eigenvalue weighted by Gasteiger charge is -2.45. The van der Waals surface area contributed by atoms with Crippen LogP contribution >= 0.6 is 0 Å². The highest BCUT2D eigenvalue weighted by Crippen LogP contribution is 2.40. The van der Waals surface area contributed by atoms with Crippen LogP contribution in [0, 0.1) is 11.8 Å². The molecule has 0 radical (unpaired) electrons. The van der Waals surface area contributed by atoms with E-state index in [1.165, 1.54) is 19.3 Å². The number of phenols is 1. The minimum atomic E-state index is -0.924. The second kappa shape index (κ2) is 10.5. The molecule has 0 aromatic heterocycles. The predicted molar refractivity (Wildman–Crippen MR) is 121 cm³/mol. The second-order valence-corrected chi connectivity index (χ2v) is 9.87. The van der Waals surface area contributed by atoms with Gasteiger partial charge in [-0.2, -0.15) is 0 Å². The van der Waals surface area contributed by atoms with Gasteiger partial charge in [0.1, 0.15) is 11.8 Å². The van der Waals surface area contributed by atoms with Crippen LogP contribution in [0.25, 0.3) is 0 Å². The first-order chi connectivity index (χ1) is 14.8. The molecule has 2 fully saturated rings. The summed E-state index contributed by atoms with van der Waals surface area (Å²) in [5.41, 5.74) is 1.15. The molecular weight excluding hydrogens is 392 g/mol. The summed E-state index contributed by atoms with van der Waals surface area (Å²) in [5.74, 6) is -0.00631. The maximum Gasteiger partial charge on any atom is 0.326 e. The molecule has 1 aromatic rings. The lowest BCUT2D eigenvalue weighted by molar-refractivity contribution is -0.142. The molecule has 6 heteroatoms. The van der Waals surface area contributed by atoms with Crippen LogP contribution in [0.2, 0.25) is 0 Å². The average molecular weight is 431 g/mol. The maximum absolute atomic E-state index is 12.5. The Hall–Kier alpha value is -2.08. The number of nitrogens with zero attached hydrogens (tertiary/aromatic N) is 1. The quantitative estimate of drug-likeness (QED) is 0.582. The third-order valence-corrected chi connectivity index (χ3v) is 7.65. The molecule has 1 aliphatic heterocycles. The van der Waals surface area contributed by atoms with Crippen molar-refractivity contribution in [3.8, 4) is 5.75 Å².